The SMILES string of the molecule is COc1ccc(C(=O)Nc2cc(-c3c(-c4ccc(F)c(C)c4)nc4ccc(N(C)C)nn34)ccn2)cc1. The molecule has 0 radical (unpaired) electrons. The van der Waals surface area contributed by atoms with Gasteiger partial charge in [-0.2, -0.15) is 0 Å². The second-order valence-electron chi connectivity index (χ2n) is 8.74. The number of pyridine rings is 1. The molecule has 37 heavy (non-hydrogen) atoms. The zero-order chi connectivity index (χ0) is 26.1. The van der Waals surface area contributed by atoms with Gasteiger partial charge in [0.15, 0.2) is 5.65 Å². The molecule has 0 fully saturated rings. The van der Waals surface area contributed by atoms with Crippen molar-refractivity contribution in [2.75, 3.05) is 31.4 Å². The Morgan fingerprint density at radius 3 is 2.49 bits per heavy atom. The number of anilines is 2. The monoisotopic (exact) mass is 496 g/mol. The van der Waals surface area contributed by atoms with Gasteiger partial charge < -0.3 is 15.0 Å². The number of benzene rings is 2. The highest BCUT2D eigenvalue weighted by Crippen LogP contribution is 2.34. The quantitative estimate of drug-likeness (QED) is 0.346. The van der Waals surface area contributed by atoms with E-state index in [1.165, 1.54) is 6.07 Å². The largest absolute Gasteiger partial charge is 0.497 e. The van der Waals surface area contributed by atoms with E-state index in [2.05, 4.69) is 10.3 Å². The van der Waals surface area contributed by atoms with Gasteiger partial charge in [-0.15, -0.1) is 5.10 Å². The van der Waals surface area contributed by atoms with Crippen LogP contribution in [0.5, 0.6) is 5.75 Å². The molecule has 8 nitrogen and oxygen atoms in total. The number of carbonyl (C=O) groups is 1. The molecule has 9 heteroatoms. The number of carbonyl (C=O) groups excluding carboxylic acids is 1. The van der Waals surface area contributed by atoms with Gasteiger partial charge >= 0.3 is 0 Å². The number of ether oxygens (including phenoxy) is 1. The lowest BCUT2D eigenvalue weighted by atomic mass is 10.0. The van der Waals surface area contributed by atoms with Crippen molar-refractivity contribution in [3.63, 3.8) is 0 Å². The molecule has 0 bridgehead atoms. The van der Waals surface area contributed by atoms with Crippen LogP contribution in [-0.2, 0) is 0 Å². The van der Waals surface area contributed by atoms with Crippen LogP contribution < -0.4 is 15.0 Å². The highest BCUT2D eigenvalue weighted by atomic mass is 19.1. The molecule has 186 valence electrons. The Hall–Kier alpha value is -4.79. The molecule has 5 aromatic rings. The van der Waals surface area contributed by atoms with Crippen LogP contribution in [0.2, 0.25) is 0 Å². The van der Waals surface area contributed by atoms with Gasteiger partial charge in [0.1, 0.15) is 28.9 Å². The van der Waals surface area contributed by atoms with E-state index in [-0.39, 0.29) is 11.7 Å². The smallest absolute Gasteiger partial charge is 0.256 e. The van der Waals surface area contributed by atoms with E-state index in [9.17, 15) is 9.18 Å². The number of hydrogen-bond donors (Lipinski definition) is 1. The van der Waals surface area contributed by atoms with Crippen molar-refractivity contribution in [2.24, 2.45) is 0 Å². The molecule has 0 aliphatic heterocycles. The minimum absolute atomic E-state index is 0.283. The van der Waals surface area contributed by atoms with Gasteiger partial charge in [-0.05, 0) is 79.2 Å². The van der Waals surface area contributed by atoms with Crippen LogP contribution in [0.3, 0.4) is 0 Å². The predicted molar refractivity (Wildman–Crippen MR) is 142 cm³/mol. The number of nitrogens with one attached hydrogen (secondary N) is 1. The maximum absolute atomic E-state index is 14.0. The van der Waals surface area contributed by atoms with E-state index >= 15 is 0 Å². The molecule has 0 atom stereocenters. The lowest BCUT2D eigenvalue weighted by Gasteiger charge is -2.12. The van der Waals surface area contributed by atoms with Gasteiger partial charge in [-0.25, -0.2) is 18.9 Å². The highest BCUT2D eigenvalue weighted by molar-refractivity contribution is 6.04. The fourth-order valence-corrected chi connectivity index (χ4v) is 3.99. The Labute approximate surface area is 213 Å². The number of aromatic nitrogens is 4. The van der Waals surface area contributed by atoms with Gasteiger partial charge in [0.2, 0.25) is 0 Å². The average molecular weight is 497 g/mol. The molecule has 1 N–H and O–H groups in total. The van der Waals surface area contributed by atoms with Crippen molar-refractivity contribution < 1.29 is 13.9 Å². The van der Waals surface area contributed by atoms with Crippen LogP contribution in [0.15, 0.2) is 72.9 Å². The first-order valence-corrected chi connectivity index (χ1v) is 11.6. The van der Waals surface area contributed by atoms with Gasteiger partial charge in [0.05, 0.1) is 12.8 Å². The van der Waals surface area contributed by atoms with Gasteiger partial charge in [0, 0.05) is 37.0 Å². The number of aryl methyl sites for hydroxylation is 1. The number of hydrogen-bond acceptors (Lipinski definition) is 6. The molecule has 0 saturated heterocycles. The van der Waals surface area contributed by atoms with Crippen LogP contribution in [0.25, 0.3) is 28.2 Å². The third kappa shape index (κ3) is 4.71. The molecule has 0 aliphatic rings. The number of nitrogens with zero attached hydrogens (tertiary/aromatic N) is 5. The minimum atomic E-state index is -0.298. The number of imidazole rings is 1. The standard InChI is InChI=1S/C28H25FN6O2/c1-17-15-19(7-10-22(17)29)26-27(35-24(32-26)11-12-25(33-35)34(2)3)20-13-14-30-23(16-20)31-28(36)18-5-8-21(37-4)9-6-18/h5-16H,1-4H3,(H,30,31,36). The van der Waals surface area contributed by atoms with Gasteiger partial charge in [-0.1, -0.05) is 0 Å². The van der Waals surface area contributed by atoms with Crippen molar-refractivity contribution in [1.82, 2.24) is 19.6 Å². The van der Waals surface area contributed by atoms with Crippen LogP contribution in [-0.4, -0.2) is 46.7 Å². The van der Waals surface area contributed by atoms with Crippen molar-refractivity contribution in [3.8, 4) is 28.3 Å². The molecule has 0 aliphatic carbocycles. The normalized spacial score (nSPS) is 10.9. The number of rotatable bonds is 6. The lowest BCUT2D eigenvalue weighted by Crippen LogP contribution is -2.13. The second kappa shape index (κ2) is 9.69. The lowest BCUT2D eigenvalue weighted by molar-refractivity contribution is 0.102. The van der Waals surface area contributed by atoms with Crippen molar-refractivity contribution in [2.45, 2.75) is 6.92 Å². The zero-order valence-corrected chi connectivity index (χ0v) is 20.9. The number of amides is 1. The fraction of sp³-hybridized carbons (Fsp3) is 0.143. The third-order valence-corrected chi connectivity index (χ3v) is 5.98. The minimum Gasteiger partial charge on any atom is -0.497 e. The maximum atomic E-state index is 14.0. The maximum Gasteiger partial charge on any atom is 0.256 e. The summed E-state index contributed by atoms with van der Waals surface area (Å²) < 4.78 is 21.0. The highest BCUT2D eigenvalue weighted by Gasteiger charge is 2.19. The summed E-state index contributed by atoms with van der Waals surface area (Å²) in [5.41, 5.74) is 4.47. The van der Waals surface area contributed by atoms with E-state index in [0.717, 1.165) is 16.9 Å². The van der Waals surface area contributed by atoms with E-state index in [1.807, 2.05) is 37.2 Å². The summed E-state index contributed by atoms with van der Waals surface area (Å²) in [5.74, 6) is 1.20. The van der Waals surface area contributed by atoms with Crippen molar-refractivity contribution in [3.05, 3.63) is 89.9 Å². The van der Waals surface area contributed by atoms with Gasteiger partial charge in [-0.3, -0.25) is 4.79 Å². The molecule has 3 aromatic heterocycles. The Bertz CT molecular complexity index is 1610. The molecule has 0 unspecified atom stereocenters. The van der Waals surface area contributed by atoms with Crippen molar-refractivity contribution >= 4 is 23.2 Å². The molecule has 3 heterocycles. The zero-order valence-electron chi connectivity index (χ0n) is 20.9. The van der Waals surface area contributed by atoms with Crippen molar-refractivity contribution in [1.29, 1.82) is 0 Å². The average Bonchev–Trinajstić information content (AvgIpc) is 3.29. The number of methoxy groups -OCH3 is 1. The molecule has 1 amide bonds. The molecular weight excluding hydrogens is 471 g/mol. The molecule has 5 rings (SSSR count). The van der Waals surface area contributed by atoms with E-state index < -0.39 is 0 Å². The van der Waals surface area contributed by atoms with Crippen LogP contribution in [0, 0.1) is 12.7 Å². The van der Waals surface area contributed by atoms with E-state index in [0.29, 0.717) is 39.7 Å². The molecule has 2 aromatic carbocycles. The summed E-state index contributed by atoms with van der Waals surface area (Å²) in [4.78, 5) is 23.9. The summed E-state index contributed by atoms with van der Waals surface area (Å²) in [7, 11) is 5.39. The second-order valence-corrected chi connectivity index (χ2v) is 8.74. The fourth-order valence-electron chi connectivity index (χ4n) is 3.99. The number of fused-ring (bicyclic) bond motifs is 1. The predicted octanol–water partition coefficient (Wildman–Crippen LogP) is 5.23. The first kappa shape index (κ1) is 23.9. The first-order chi connectivity index (χ1) is 17.8. The molecule has 0 spiro atoms. The van der Waals surface area contributed by atoms with Crippen LogP contribution in [0.4, 0.5) is 16.0 Å². The summed E-state index contributed by atoms with van der Waals surface area (Å²) in [6.45, 7) is 1.72. The van der Waals surface area contributed by atoms with E-state index in [1.54, 1.807) is 67.2 Å². The third-order valence-electron chi connectivity index (χ3n) is 5.98. The molecule has 0 saturated carbocycles. The Morgan fingerprint density at radius 1 is 1.00 bits per heavy atom. The van der Waals surface area contributed by atoms with Crippen LogP contribution in [0.1, 0.15) is 15.9 Å². The topological polar surface area (TPSA) is 84.6 Å². The van der Waals surface area contributed by atoms with E-state index in [4.69, 9.17) is 14.8 Å². The summed E-state index contributed by atoms with van der Waals surface area (Å²) in [6, 6.07) is 19.1. The first-order valence-electron chi connectivity index (χ1n) is 11.6. The van der Waals surface area contributed by atoms with Crippen LogP contribution >= 0.6 is 0 Å². The summed E-state index contributed by atoms with van der Waals surface area (Å²) in [6.07, 6.45) is 1.62. The summed E-state index contributed by atoms with van der Waals surface area (Å²) in [5, 5.41) is 7.63. The Morgan fingerprint density at radius 2 is 1.78 bits per heavy atom. The molecular formula is C28H25FN6O2. The van der Waals surface area contributed by atoms with Gasteiger partial charge in [0.25, 0.3) is 5.91 Å². The number of halogens is 1. The Balaban J connectivity index is 1.60. The Kier molecular flexibility index (Phi) is 6.27. The summed E-state index contributed by atoms with van der Waals surface area (Å²) >= 11 is 0.